The van der Waals surface area contributed by atoms with Gasteiger partial charge >= 0.3 is 5.97 Å². The van der Waals surface area contributed by atoms with E-state index in [4.69, 9.17) is 20.3 Å². The first-order valence-corrected chi connectivity index (χ1v) is 9.87. The summed E-state index contributed by atoms with van der Waals surface area (Å²) < 4.78 is 10.5. The van der Waals surface area contributed by atoms with Crippen LogP contribution in [0.5, 0.6) is 11.5 Å². The van der Waals surface area contributed by atoms with E-state index in [1.807, 2.05) is 51.1 Å². The number of aliphatic carboxylic acids is 1. The maximum absolute atomic E-state index is 10.9. The third kappa shape index (κ3) is 6.50. The molecule has 0 aliphatic heterocycles. The fourth-order valence-corrected chi connectivity index (χ4v) is 3.19. The molecule has 0 amide bonds. The van der Waals surface area contributed by atoms with Crippen molar-refractivity contribution in [1.29, 1.82) is 5.26 Å². The minimum absolute atomic E-state index is 0.0278. The van der Waals surface area contributed by atoms with E-state index in [2.05, 4.69) is 6.07 Å². The molecular weight excluding hydrogens is 380 g/mol. The molecular formula is C24H32N2O4. The van der Waals surface area contributed by atoms with Crippen LogP contribution in [0.4, 0.5) is 0 Å². The fraction of sp³-hybridized carbons (Fsp3) is 0.417. The van der Waals surface area contributed by atoms with Gasteiger partial charge in [0.2, 0.25) is 0 Å². The molecule has 2 aromatic rings. The molecule has 3 N–H and O–H groups in total. The predicted molar refractivity (Wildman–Crippen MR) is 118 cm³/mol. The first-order valence-electron chi connectivity index (χ1n) is 9.87. The smallest absolute Gasteiger partial charge is 0.303 e. The van der Waals surface area contributed by atoms with Gasteiger partial charge in [-0.1, -0.05) is 50.2 Å². The van der Waals surface area contributed by atoms with E-state index >= 15 is 0 Å². The molecule has 0 fully saturated rings. The Hall–Kier alpha value is -3.04. The van der Waals surface area contributed by atoms with Gasteiger partial charge < -0.3 is 20.3 Å². The van der Waals surface area contributed by atoms with Crippen molar-refractivity contribution in [1.82, 2.24) is 0 Å². The predicted octanol–water partition coefficient (Wildman–Crippen LogP) is 4.69. The number of hydrogen-bond acceptors (Lipinski definition) is 5. The summed E-state index contributed by atoms with van der Waals surface area (Å²) in [6.45, 7) is 5.82. The van der Waals surface area contributed by atoms with Gasteiger partial charge in [0.05, 0.1) is 25.7 Å². The maximum Gasteiger partial charge on any atom is 0.303 e. The van der Waals surface area contributed by atoms with Crippen LogP contribution in [-0.4, -0.2) is 25.3 Å². The lowest BCUT2D eigenvalue weighted by molar-refractivity contribution is -0.137. The quantitative estimate of drug-likeness (QED) is 0.651. The second-order valence-corrected chi connectivity index (χ2v) is 7.40. The van der Waals surface area contributed by atoms with Gasteiger partial charge in [0, 0.05) is 12.5 Å². The standard InChI is InChI=1S/C16H21NO4.C8H11N/c1-11(2)16(10-17,8-7-15(18)19)12-5-6-13(20-3)14(9-12)21-4;1-7(9)8-5-3-2-4-6-8/h5-6,9,11H,7-8H2,1-4H3,(H,18,19);2-7H,9H2,1H3/t16-;/m1./s1. The molecule has 0 radical (unpaired) electrons. The molecule has 2 aromatic carbocycles. The molecule has 0 spiro atoms. The highest BCUT2D eigenvalue weighted by Gasteiger charge is 2.37. The molecule has 30 heavy (non-hydrogen) atoms. The van der Waals surface area contributed by atoms with Gasteiger partial charge in [-0.15, -0.1) is 0 Å². The third-order valence-electron chi connectivity index (χ3n) is 5.14. The number of benzene rings is 2. The van der Waals surface area contributed by atoms with Crippen molar-refractivity contribution in [2.45, 2.75) is 45.1 Å². The Morgan fingerprint density at radius 1 is 1.10 bits per heavy atom. The van der Waals surface area contributed by atoms with Crippen LogP contribution in [0, 0.1) is 17.2 Å². The summed E-state index contributed by atoms with van der Waals surface area (Å²) in [5.41, 5.74) is 6.69. The minimum atomic E-state index is -0.907. The highest BCUT2D eigenvalue weighted by atomic mass is 16.5. The van der Waals surface area contributed by atoms with Gasteiger partial charge in [-0.05, 0) is 42.5 Å². The maximum atomic E-state index is 10.9. The van der Waals surface area contributed by atoms with Crippen molar-refractivity contribution < 1.29 is 19.4 Å². The van der Waals surface area contributed by atoms with Crippen molar-refractivity contribution in [3.8, 4) is 17.6 Å². The molecule has 0 aliphatic rings. The van der Waals surface area contributed by atoms with E-state index in [0.29, 0.717) is 11.5 Å². The van der Waals surface area contributed by atoms with E-state index in [1.165, 1.54) is 12.7 Å². The number of nitrogens with zero attached hydrogens (tertiary/aromatic N) is 1. The first kappa shape index (κ1) is 25.0. The number of methoxy groups -OCH3 is 2. The van der Waals surface area contributed by atoms with Crippen LogP contribution in [0.2, 0.25) is 0 Å². The summed E-state index contributed by atoms with van der Waals surface area (Å²) in [6.07, 6.45) is 0.200. The topological polar surface area (TPSA) is 106 Å². The second-order valence-electron chi connectivity index (χ2n) is 7.40. The average Bonchev–Trinajstić information content (AvgIpc) is 2.75. The van der Waals surface area contributed by atoms with Crippen molar-refractivity contribution in [2.24, 2.45) is 11.7 Å². The summed E-state index contributed by atoms with van der Waals surface area (Å²) in [6, 6.07) is 17.8. The van der Waals surface area contributed by atoms with Gasteiger partial charge in [-0.3, -0.25) is 4.79 Å². The molecule has 0 saturated heterocycles. The number of carbonyl (C=O) groups is 1. The SMILES string of the molecule is CC(N)c1ccccc1.COc1ccc([C@@](C#N)(CCC(=O)O)C(C)C)cc1OC. The number of hydrogen-bond donors (Lipinski definition) is 2. The highest BCUT2D eigenvalue weighted by molar-refractivity contribution is 5.67. The van der Waals surface area contributed by atoms with Crippen molar-refractivity contribution >= 4 is 5.97 Å². The summed E-state index contributed by atoms with van der Waals surface area (Å²) in [4.78, 5) is 10.9. The minimum Gasteiger partial charge on any atom is -0.493 e. The largest absolute Gasteiger partial charge is 0.493 e. The van der Waals surface area contributed by atoms with Crippen LogP contribution in [0.3, 0.4) is 0 Å². The number of carboxylic acid groups (broad SMARTS) is 1. The zero-order valence-electron chi connectivity index (χ0n) is 18.4. The zero-order valence-corrected chi connectivity index (χ0v) is 18.4. The van der Waals surface area contributed by atoms with Crippen LogP contribution in [0.15, 0.2) is 48.5 Å². The Morgan fingerprint density at radius 2 is 1.70 bits per heavy atom. The van der Waals surface area contributed by atoms with Gasteiger partial charge in [-0.2, -0.15) is 5.26 Å². The Kier molecular flexibility index (Phi) is 9.87. The van der Waals surface area contributed by atoms with E-state index in [9.17, 15) is 10.1 Å². The molecule has 0 heterocycles. The molecule has 0 aliphatic carbocycles. The van der Waals surface area contributed by atoms with E-state index in [1.54, 1.807) is 25.3 Å². The van der Waals surface area contributed by atoms with Gasteiger partial charge in [0.1, 0.15) is 0 Å². The zero-order chi connectivity index (χ0) is 22.7. The third-order valence-corrected chi connectivity index (χ3v) is 5.14. The van der Waals surface area contributed by atoms with Gasteiger partial charge in [-0.25, -0.2) is 0 Å². The lowest BCUT2D eigenvalue weighted by atomic mass is 9.70. The molecule has 2 rings (SSSR count). The van der Waals surface area contributed by atoms with E-state index in [0.717, 1.165) is 5.56 Å². The fourth-order valence-electron chi connectivity index (χ4n) is 3.19. The normalized spacial score (nSPS) is 13.3. The Balaban J connectivity index is 0.000000414. The first-order chi connectivity index (χ1) is 14.2. The highest BCUT2D eigenvalue weighted by Crippen LogP contribution is 2.40. The molecule has 0 saturated carbocycles. The summed E-state index contributed by atoms with van der Waals surface area (Å²) in [7, 11) is 3.07. The monoisotopic (exact) mass is 412 g/mol. The lowest BCUT2D eigenvalue weighted by Crippen LogP contribution is -2.31. The Bertz CT molecular complexity index is 844. The van der Waals surface area contributed by atoms with Crippen molar-refractivity contribution in [2.75, 3.05) is 14.2 Å². The summed E-state index contributed by atoms with van der Waals surface area (Å²) in [5, 5.41) is 18.6. The molecule has 0 bridgehead atoms. The van der Waals surface area contributed by atoms with Crippen molar-refractivity contribution in [3.05, 3.63) is 59.7 Å². The number of ether oxygens (including phenoxy) is 2. The van der Waals surface area contributed by atoms with Crippen LogP contribution >= 0.6 is 0 Å². The van der Waals surface area contributed by atoms with Crippen LogP contribution < -0.4 is 15.2 Å². The van der Waals surface area contributed by atoms with Gasteiger partial charge in [0.25, 0.3) is 0 Å². The number of nitrogens with two attached hydrogens (primary N) is 1. The second kappa shape index (κ2) is 11.8. The van der Waals surface area contributed by atoms with Crippen LogP contribution in [0.1, 0.15) is 50.8 Å². The van der Waals surface area contributed by atoms with E-state index in [-0.39, 0.29) is 24.8 Å². The Labute approximate surface area is 179 Å². The number of carboxylic acids is 1. The van der Waals surface area contributed by atoms with Gasteiger partial charge in [0.15, 0.2) is 11.5 Å². The van der Waals surface area contributed by atoms with Crippen LogP contribution in [-0.2, 0) is 10.2 Å². The average molecular weight is 413 g/mol. The number of nitriles is 1. The lowest BCUT2D eigenvalue weighted by Gasteiger charge is -2.31. The number of rotatable bonds is 8. The molecule has 6 nitrogen and oxygen atoms in total. The molecule has 6 heteroatoms. The molecule has 0 aromatic heterocycles. The molecule has 162 valence electrons. The van der Waals surface area contributed by atoms with Crippen molar-refractivity contribution in [3.63, 3.8) is 0 Å². The summed E-state index contributed by atoms with van der Waals surface area (Å²) in [5.74, 6) is 0.177. The summed E-state index contributed by atoms with van der Waals surface area (Å²) >= 11 is 0. The molecule has 1 unspecified atom stereocenters. The van der Waals surface area contributed by atoms with E-state index < -0.39 is 11.4 Å². The molecule has 2 atom stereocenters. The Morgan fingerprint density at radius 3 is 2.10 bits per heavy atom. The van der Waals surface area contributed by atoms with Crippen LogP contribution in [0.25, 0.3) is 0 Å².